The number of benzene rings is 1. The van der Waals surface area contributed by atoms with E-state index in [9.17, 15) is 14.4 Å². The lowest BCUT2D eigenvalue weighted by Gasteiger charge is -2.18. The maximum Gasteiger partial charge on any atom is 0.341 e. The zero-order chi connectivity index (χ0) is 27.5. The second-order valence-electron chi connectivity index (χ2n) is 9.23. The van der Waals surface area contributed by atoms with Crippen molar-refractivity contribution in [1.82, 2.24) is 14.0 Å². The number of ether oxygens (including phenoxy) is 3. The van der Waals surface area contributed by atoms with Crippen LogP contribution in [0.15, 0.2) is 58.4 Å². The molecule has 1 unspecified atom stereocenters. The Labute approximate surface area is 224 Å². The molecule has 4 aromatic rings. The Morgan fingerprint density at radius 3 is 2.67 bits per heavy atom. The number of carbonyl (C=O) groups is 2. The molecule has 10 heteroatoms. The minimum Gasteiger partial charge on any atom is -0.493 e. The number of carbonyl (C=O) groups excluding carboxylic acids is 2. The summed E-state index contributed by atoms with van der Waals surface area (Å²) in [7, 11) is 0. The van der Waals surface area contributed by atoms with Gasteiger partial charge in [-0.05, 0) is 63.4 Å². The Hall–Kier alpha value is -4.31. The first-order valence-corrected chi connectivity index (χ1v) is 13.1. The Bertz CT molecular complexity index is 1700. The van der Waals surface area contributed by atoms with Crippen LogP contribution in [0.3, 0.4) is 0 Å². The zero-order valence-electron chi connectivity index (χ0n) is 22.2. The van der Waals surface area contributed by atoms with Crippen LogP contribution < -0.4 is 15.8 Å². The lowest BCUT2D eigenvalue weighted by Crippen LogP contribution is -2.35. The van der Waals surface area contributed by atoms with Gasteiger partial charge < -0.3 is 18.8 Å². The summed E-state index contributed by atoms with van der Waals surface area (Å²) in [5.41, 5.74) is 1.54. The van der Waals surface area contributed by atoms with Gasteiger partial charge in [0.1, 0.15) is 22.6 Å². The third-order valence-corrected chi connectivity index (χ3v) is 6.64. The molecule has 3 aromatic heterocycles. The molecule has 1 aliphatic rings. The standard InChI is InChI=1S/C29H30N4O6/c1-4-37-23-13-7-6-12-20(23)27(34)31-26-22(29(36)38-5-2)16-21-25(33(26)17-19-11-9-15-39-19)30-24-18(3)10-8-14-32(24)28(21)35/h6-8,10,12-14,16,19H,4-5,9,11,15,17H2,1-3H3. The third-order valence-electron chi connectivity index (χ3n) is 6.64. The summed E-state index contributed by atoms with van der Waals surface area (Å²) in [5, 5.41) is 0.209. The van der Waals surface area contributed by atoms with Crippen LogP contribution in [0.5, 0.6) is 5.75 Å². The average molecular weight is 531 g/mol. The number of pyridine rings is 2. The lowest BCUT2D eigenvalue weighted by atomic mass is 10.1. The smallest absolute Gasteiger partial charge is 0.341 e. The normalized spacial score (nSPS) is 15.7. The van der Waals surface area contributed by atoms with Crippen LogP contribution in [0.4, 0.5) is 0 Å². The van der Waals surface area contributed by atoms with Gasteiger partial charge in [-0.3, -0.25) is 14.0 Å². The molecular weight excluding hydrogens is 500 g/mol. The van der Waals surface area contributed by atoms with Gasteiger partial charge in [-0.1, -0.05) is 18.2 Å². The summed E-state index contributed by atoms with van der Waals surface area (Å²) in [6, 6.07) is 11.8. The summed E-state index contributed by atoms with van der Waals surface area (Å²) in [6.45, 7) is 6.71. The van der Waals surface area contributed by atoms with Gasteiger partial charge in [0.05, 0.1) is 36.8 Å². The van der Waals surface area contributed by atoms with E-state index in [2.05, 4.69) is 4.99 Å². The van der Waals surface area contributed by atoms with Crippen molar-refractivity contribution in [3.63, 3.8) is 0 Å². The number of hydrogen-bond donors (Lipinski definition) is 0. The summed E-state index contributed by atoms with van der Waals surface area (Å²) in [5.74, 6) is -0.909. The first-order valence-electron chi connectivity index (χ1n) is 13.1. The van der Waals surface area contributed by atoms with Crippen molar-refractivity contribution in [2.75, 3.05) is 19.8 Å². The quantitative estimate of drug-likeness (QED) is 0.266. The first kappa shape index (κ1) is 26.3. The molecule has 1 atom stereocenters. The number of amides is 1. The fraction of sp³-hybridized carbons (Fsp3) is 0.345. The highest BCUT2D eigenvalue weighted by molar-refractivity contribution is 5.99. The lowest BCUT2D eigenvalue weighted by molar-refractivity contribution is 0.0521. The molecule has 1 fully saturated rings. The molecule has 39 heavy (non-hydrogen) atoms. The summed E-state index contributed by atoms with van der Waals surface area (Å²) in [6.07, 6.45) is 3.10. The molecule has 0 saturated carbocycles. The minimum atomic E-state index is -0.695. The number of aryl methyl sites for hydroxylation is 1. The van der Waals surface area contributed by atoms with Gasteiger partial charge in [-0.2, -0.15) is 4.99 Å². The SMILES string of the molecule is CCOC(=O)c1cc2c(=O)n3cccc(C)c3nc2n(CC2CCCO2)c1=NC(=O)c1ccccc1OCC. The highest BCUT2D eigenvalue weighted by atomic mass is 16.5. The van der Waals surface area contributed by atoms with Crippen LogP contribution in [-0.4, -0.2) is 51.8 Å². The predicted octanol–water partition coefficient (Wildman–Crippen LogP) is 3.45. The van der Waals surface area contributed by atoms with Gasteiger partial charge >= 0.3 is 5.97 Å². The summed E-state index contributed by atoms with van der Waals surface area (Å²) >= 11 is 0. The zero-order valence-corrected chi connectivity index (χ0v) is 22.2. The van der Waals surface area contributed by atoms with Crippen molar-refractivity contribution in [3.05, 3.63) is 81.2 Å². The van der Waals surface area contributed by atoms with E-state index < -0.39 is 11.9 Å². The van der Waals surface area contributed by atoms with Crippen LogP contribution in [0.2, 0.25) is 0 Å². The fourth-order valence-electron chi connectivity index (χ4n) is 4.81. The molecule has 4 heterocycles. The monoisotopic (exact) mass is 530 g/mol. The number of hydrogen-bond acceptors (Lipinski definition) is 7. The van der Waals surface area contributed by atoms with E-state index in [1.165, 1.54) is 10.5 Å². The molecule has 0 spiro atoms. The number of aromatic nitrogens is 3. The van der Waals surface area contributed by atoms with Gasteiger partial charge in [-0.15, -0.1) is 0 Å². The van der Waals surface area contributed by atoms with E-state index in [4.69, 9.17) is 19.2 Å². The van der Waals surface area contributed by atoms with E-state index >= 15 is 0 Å². The number of esters is 1. The largest absolute Gasteiger partial charge is 0.493 e. The number of fused-ring (bicyclic) bond motifs is 2. The van der Waals surface area contributed by atoms with E-state index in [1.54, 1.807) is 48.0 Å². The predicted molar refractivity (Wildman–Crippen MR) is 144 cm³/mol. The van der Waals surface area contributed by atoms with Gasteiger partial charge in [-0.25, -0.2) is 9.78 Å². The highest BCUT2D eigenvalue weighted by Gasteiger charge is 2.24. The Balaban J connectivity index is 1.87. The molecular formula is C29H30N4O6. The van der Waals surface area contributed by atoms with E-state index in [0.717, 1.165) is 18.4 Å². The van der Waals surface area contributed by atoms with E-state index in [-0.39, 0.29) is 46.8 Å². The molecule has 0 aliphatic carbocycles. The topological polar surface area (TPSA) is 113 Å². The maximum atomic E-state index is 13.6. The molecule has 0 bridgehead atoms. The second kappa shape index (κ2) is 11.2. The van der Waals surface area contributed by atoms with Crippen LogP contribution in [0, 0.1) is 6.92 Å². The van der Waals surface area contributed by atoms with Crippen LogP contribution in [0.1, 0.15) is 53.0 Å². The number of para-hydroxylation sites is 1. The Kier molecular flexibility index (Phi) is 7.56. The summed E-state index contributed by atoms with van der Waals surface area (Å²) in [4.78, 5) is 49.7. The molecule has 1 amide bonds. The minimum absolute atomic E-state index is 0.00362. The fourth-order valence-corrected chi connectivity index (χ4v) is 4.81. The average Bonchev–Trinajstić information content (AvgIpc) is 3.44. The molecule has 1 saturated heterocycles. The van der Waals surface area contributed by atoms with Gasteiger partial charge in [0.25, 0.3) is 11.5 Å². The van der Waals surface area contributed by atoms with E-state index in [1.807, 2.05) is 19.9 Å². The summed E-state index contributed by atoms with van der Waals surface area (Å²) < 4.78 is 20.0. The molecule has 0 N–H and O–H groups in total. The maximum absolute atomic E-state index is 13.6. The van der Waals surface area contributed by atoms with Gasteiger partial charge in [0.15, 0.2) is 5.49 Å². The van der Waals surface area contributed by atoms with Crippen molar-refractivity contribution in [2.24, 2.45) is 4.99 Å². The molecule has 0 radical (unpaired) electrons. The Morgan fingerprint density at radius 1 is 1.10 bits per heavy atom. The van der Waals surface area contributed by atoms with Crippen LogP contribution in [0.25, 0.3) is 16.7 Å². The van der Waals surface area contributed by atoms with Crippen molar-refractivity contribution >= 4 is 28.6 Å². The molecule has 1 aliphatic heterocycles. The molecule has 10 nitrogen and oxygen atoms in total. The van der Waals surface area contributed by atoms with Gasteiger partial charge in [0.2, 0.25) is 0 Å². The number of nitrogens with zero attached hydrogens (tertiary/aromatic N) is 4. The van der Waals surface area contributed by atoms with Crippen LogP contribution in [-0.2, 0) is 16.0 Å². The van der Waals surface area contributed by atoms with Crippen molar-refractivity contribution < 1.29 is 23.8 Å². The molecule has 1 aromatic carbocycles. The van der Waals surface area contributed by atoms with Crippen molar-refractivity contribution in [3.8, 4) is 5.75 Å². The third kappa shape index (κ3) is 5.07. The van der Waals surface area contributed by atoms with Gasteiger partial charge in [0, 0.05) is 12.8 Å². The molecule has 5 rings (SSSR count). The highest BCUT2D eigenvalue weighted by Crippen LogP contribution is 2.20. The van der Waals surface area contributed by atoms with Crippen molar-refractivity contribution in [2.45, 2.75) is 46.3 Å². The Morgan fingerprint density at radius 2 is 1.92 bits per heavy atom. The van der Waals surface area contributed by atoms with Crippen LogP contribution >= 0.6 is 0 Å². The van der Waals surface area contributed by atoms with E-state index in [0.29, 0.717) is 30.3 Å². The first-order chi connectivity index (χ1) is 18.9. The second-order valence-corrected chi connectivity index (χ2v) is 9.23. The van der Waals surface area contributed by atoms with Crippen molar-refractivity contribution in [1.29, 1.82) is 0 Å². The number of rotatable bonds is 7. The molecule has 202 valence electrons.